The van der Waals surface area contributed by atoms with Gasteiger partial charge in [0, 0.05) is 12.1 Å². The summed E-state index contributed by atoms with van der Waals surface area (Å²) < 4.78 is 10.7. The quantitative estimate of drug-likeness (QED) is 0.671. The van der Waals surface area contributed by atoms with E-state index in [0.29, 0.717) is 11.4 Å². The van der Waals surface area contributed by atoms with Crippen molar-refractivity contribution in [2.45, 2.75) is 13.0 Å². The molecule has 2 heterocycles. The summed E-state index contributed by atoms with van der Waals surface area (Å²) in [5, 5.41) is 3.82. The third-order valence-corrected chi connectivity index (χ3v) is 5.50. The van der Waals surface area contributed by atoms with E-state index in [0.717, 1.165) is 27.8 Å². The van der Waals surface area contributed by atoms with Crippen molar-refractivity contribution in [2.75, 3.05) is 27.7 Å². The fourth-order valence-corrected chi connectivity index (χ4v) is 3.74. The highest BCUT2D eigenvalue weighted by atomic mass is 32.1. The number of hydrogen-bond donors (Lipinski definition) is 1. The summed E-state index contributed by atoms with van der Waals surface area (Å²) in [6.07, 6.45) is 1.64. The summed E-state index contributed by atoms with van der Waals surface area (Å²) in [5.74, 6) is 1.49. The standard InChI is InChI=1S/C20H23N3O3S/c1-13-18(27-20(22-13)14-7-9-15(25-4)10-8-14)19(24)21-12-16(23(2)3)17-6-5-11-26-17/h5-11,16H,12H2,1-4H3,(H,21,24). The molecule has 0 saturated heterocycles. The van der Waals surface area contributed by atoms with Gasteiger partial charge >= 0.3 is 0 Å². The molecule has 0 aliphatic heterocycles. The summed E-state index contributed by atoms with van der Waals surface area (Å²) in [5.41, 5.74) is 1.69. The topological polar surface area (TPSA) is 67.6 Å². The Hall–Kier alpha value is -2.64. The van der Waals surface area contributed by atoms with Crippen LogP contribution in [0.3, 0.4) is 0 Å². The van der Waals surface area contributed by atoms with Crippen molar-refractivity contribution in [2.24, 2.45) is 0 Å². The van der Waals surface area contributed by atoms with Crippen LogP contribution in [-0.2, 0) is 0 Å². The van der Waals surface area contributed by atoms with E-state index in [4.69, 9.17) is 9.15 Å². The van der Waals surface area contributed by atoms with Crippen molar-refractivity contribution in [3.63, 3.8) is 0 Å². The summed E-state index contributed by atoms with van der Waals surface area (Å²) in [6, 6.07) is 11.4. The first kappa shape index (κ1) is 19.1. The Labute approximate surface area is 162 Å². The molecule has 0 spiro atoms. The predicted octanol–water partition coefficient (Wildman–Crippen LogP) is 3.75. The van der Waals surface area contributed by atoms with Crippen LogP contribution < -0.4 is 10.1 Å². The Balaban J connectivity index is 1.72. The average molecular weight is 385 g/mol. The van der Waals surface area contributed by atoms with Gasteiger partial charge in [-0.1, -0.05) is 0 Å². The van der Waals surface area contributed by atoms with Crippen LogP contribution in [0, 0.1) is 6.92 Å². The molecule has 6 nitrogen and oxygen atoms in total. The number of methoxy groups -OCH3 is 1. The number of furan rings is 1. The van der Waals surface area contributed by atoms with Gasteiger partial charge in [0.2, 0.25) is 0 Å². The van der Waals surface area contributed by atoms with E-state index in [-0.39, 0.29) is 11.9 Å². The molecular formula is C20H23N3O3S. The normalized spacial score (nSPS) is 12.2. The van der Waals surface area contributed by atoms with Crippen LogP contribution >= 0.6 is 11.3 Å². The number of aromatic nitrogens is 1. The molecule has 1 amide bonds. The second kappa shape index (κ2) is 8.37. The molecule has 1 N–H and O–H groups in total. The molecule has 1 unspecified atom stereocenters. The zero-order valence-electron chi connectivity index (χ0n) is 15.9. The van der Waals surface area contributed by atoms with Gasteiger partial charge in [-0.3, -0.25) is 9.69 Å². The number of nitrogens with one attached hydrogen (secondary N) is 1. The Bertz CT molecular complexity index is 886. The third-order valence-electron chi connectivity index (χ3n) is 4.29. The molecule has 2 aromatic heterocycles. The fourth-order valence-electron chi connectivity index (χ4n) is 2.75. The molecule has 0 aliphatic rings. The lowest BCUT2D eigenvalue weighted by atomic mass is 10.2. The largest absolute Gasteiger partial charge is 0.497 e. The second-order valence-electron chi connectivity index (χ2n) is 6.37. The maximum Gasteiger partial charge on any atom is 0.263 e. The number of carbonyl (C=O) groups excluding carboxylic acids is 1. The van der Waals surface area contributed by atoms with Crippen LogP contribution in [0.2, 0.25) is 0 Å². The highest BCUT2D eigenvalue weighted by Gasteiger charge is 2.21. The molecule has 0 aliphatic carbocycles. The minimum absolute atomic E-state index is 0.0294. The summed E-state index contributed by atoms with van der Waals surface area (Å²) >= 11 is 1.39. The molecule has 3 aromatic rings. The molecule has 7 heteroatoms. The van der Waals surface area contributed by atoms with Crippen molar-refractivity contribution in [1.82, 2.24) is 15.2 Å². The molecule has 142 valence electrons. The lowest BCUT2D eigenvalue weighted by Crippen LogP contribution is -2.34. The Kier molecular flexibility index (Phi) is 5.93. The maximum atomic E-state index is 12.7. The molecule has 0 bridgehead atoms. The molecule has 0 fully saturated rings. The SMILES string of the molecule is COc1ccc(-c2nc(C)c(C(=O)NCC(c3ccco3)N(C)C)s2)cc1. The zero-order chi connectivity index (χ0) is 19.4. The first-order valence-electron chi connectivity index (χ1n) is 8.59. The van der Waals surface area contributed by atoms with Gasteiger partial charge in [-0.15, -0.1) is 11.3 Å². The Morgan fingerprint density at radius 2 is 2.04 bits per heavy atom. The van der Waals surface area contributed by atoms with Crippen molar-refractivity contribution < 1.29 is 13.9 Å². The van der Waals surface area contributed by atoms with Gasteiger partial charge in [0.25, 0.3) is 5.91 Å². The van der Waals surface area contributed by atoms with E-state index in [1.165, 1.54) is 11.3 Å². The minimum atomic E-state index is -0.122. The van der Waals surface area contributed by atoms with Crippen LogP contribution in [0.5, 0.6) is 5.75 Å². The van der Waals surface area contributed by atoms with E-state index in [9.17, 15) is 4.79 Å². The zero-order valence-corrected chi connectivity index (χ0v) is 16.7. The Morgan fingerprint density at radius 1 is 1.30 bits per heavy atom. The lowest BCUT2D eigenvalue weighted by Gasteiger charge is -2.22. The third kappa shape index (κ3) is 4.37. The number of hydrogen-bond acceptors (Lipinski definition) is 6. The maximum absolute atomic E-state index is 12.7. The Morgan fingerprint density at radius 3 is 2.63 bits per heavy atom. The smallest absolute Gasteiger partial charge is 0.263 e. The van der Waals surface area contributed by atoms with E-state index in [1.807, 2.05) is 62.3 Å². The number of rotatable bonds is 7. The van der Waals surface area contributed by atoms with Crippen molar-refractivity contribution in [3.8, 4) is 16.3 Å². The van der Waals surface area contributed by atoms with Crippen LogP contribution in [0.15, 0.2) is 47.1 Å². The highest BCUT2D eigenvalue weighted by Crippen LogP contribution is 2.29. The monoisotopic (exact) mass is 385 g/mol. The molecule has 3 rings (SSSR count). The fraction of sp³-hybridized carbons (Fsp3) is 0.300. The summed E-state index contributed by atoms with van der Waals surface area (Å²) in [4.78, 5) is 19.9. The van der Waals surface area contributed by atoms with Gasteiger partial charge < -0.3 is 14.5 Å². The number of nitrogens with zero attached hydrogens (tertiary/aromatic N) is 2. The molecule has 0 saturated carbocycles. The van der Waals surface area contributed by atoms with Gasteiger partial charge in [-0.25, -0.2) is 4.98 Å². The number of likely N-dealkylation sites (N-methyl/N-ethyl adjacent to an activating group) is 1. The second-order valence-corrected chi connectivity index (χ2v) is 7.37. The highest BCUT2D eigenvalue weighted by molar-refractivity contribution is 7.17. The average Bonchev–Trinajstić information content (AvgIpc) is 3.31. The molecular weight excluding hydrogens is 362 g/mol. The van der Waals surface area contributed by atoms with Crippen LogP contribution in [0.4, 0.5) is 0 Å². The molecule has 27 heavy (non-hydrogen) atoms. The first-order valence-corrected chi connectivity index (χ1v) is 9.41. The number of benzene rings is 1. The van der Waals surface area contributed by atoms with Gasteiger partial charge in [0.05, 0.1) is 25.1 Å². The first-order chi connectivity index (χ1) is 13.0. The van der Waals surface area contributed by atoms with Crippen LogP contribution in [0.1, 0.15) is 27.2 Å². The van der Waals surface area contributed by atoms with E-state index < -0.39 is 0 Å². The molecule has 1 atom stereocenters. The predicted molar refractivity (Wildman–Crippen MR) is 106 cm³/mol. The summed E-state index contributed by atoms with van der Waals surface area (Å²) in [6.45, 7) is 2.31. The van der Waals surface area contributed by atoms with Gasteiger partial charge in [0.15, 0.2) is 0 Å². The van der Waals surface area contributed by atoms with Gasteiger partial charge in [-0.05, 0) is 57.4 Å². The number of ether oxygens (including phenoxy) is 1. The van der Waals surface area contributed by atoms with Crippen LogP contribution in [0.25, 0.3) is 10.6 Å². The van der Waals surface area contributed by atoms with Crippen molar-refractivity contribution in [1.29, 1.82) is 0 Å². The van der Waals surface area contributed by atoms with Gasteiger partial charge in [0.1, 0.15) is 21.4 Å². The number of amides is 1. The number of aryl methyl sites for hydroxylation is 1. The van der Waals surface area contributed by atoms with Crippen molar-refractivity contribution in [3.05, 3.63) is 59.0 Å². The van der Waals surface area contributed by atoms with E-state index in [1.54, 1.807) is 13.4 Å². The van der Waals surface area contributed by atoms with Crippen LogP contribution in [-0.4, -0.2) is 43.5 Å². The van der Waals surface area contributed by atoms with Gasteiger partial charge in [-0.2, -0.15) is 0 Å². The van der Waals surface area contributed by atoms with Crippen molar-refractivity contribution >= 4 is 17.2 Å². The minimum Gasteiger partial charge on any atom is -0.497 e. The molecule has 0 radical (unpaired) electrons. The number of thiazole rings is 1. The summed E-state index contributed by atoms with van der Waals surface area (Å²) in [7, 11) is 5.55. The van der Waals surface area contributed by atoms with E-state index in [2.05, 4.69) is 10.3 Å². The lowest BCUT2D eigenvalue weighted by molar-refractivity contribution is 0.0942. The van der Waals surface area contributed by atoms with E-state index >= 15 is 0 Å². The number of carbonyl (C=O) groups is 1. The molecule has 1 aromatic carbocycles.